The molecule has 0 aromatic heterocycles. The summed E-state index contributed by atoms with van der Waals surface area (Å²) in [6.07, 6.45) is 1.48. The molecular weight excluding hydrogens is 380 g/mol. The van der Waals surface area contributed by atoms with Crippen molar-refractivity contribution in [3.8, 4) is 11.5 Å². The smallest absolute Gasteiger partial charge is 0.223 e. The maximum Gasteiger partial charge on any atom is 0.223 e. The average Bonchev–Trinajstić information content (AvgIpc) is 2.98. The Morgan fingerprint density at radius 1 is 1.13 bits per heavy atom. The van der Waals surface area contributed by atoms with Crippen LogP contribution in [0.3, 0.4) is 0 Å². The zero-order valence-electron chi connectivity index (χ0n) is 17.5. The highest BCUT2D eigenvalue weighted by molar-refractivity contribution is 5.78. The lowest BCUT2D eigenvalue weighted by Crippen LogP contribution is -2.40. The molecule has 0 aliphatic carbocycles. The molecule has 0 bridgehead atoms. The molecule has 1 amide bonds. The summed E-state index contributed by atoms with van der Waals surface area (Å²) in [6, 6.07) is 16.2. The van der Waals surface area contributed by atoms with Gasteiger partial charge in [-0.2, -0.15) is 0 Å². The van der Waals surface area contributed by atoms with Crippen molar-refractivity contribution >= 4 is 5.91 Å². The Morgan fingerprint density at radius 3 is 2.73 bits per heavy atom. The van der Waals surface area contributed by atoms with Crippen LogP contribution < -0.4 is 14.8 Å². The van der Waals surface area contributed by atoms with Gasteiger partial charge >= 0.3 is 0 Å². The van der Waals surface area contributed by atoms with Gasteiger partial charge in [0.05, 0.1) is 7.11 Å². The Hall–Kier alpha value is -2.57. The summed E-state index contributed by atoms with van der Waals surface area (Å²) in [7, 11) is 1.69. The molecule has 1 atom stereocenters. The van der Waals surface area contributed by atoms with Gasteiger partial charge in [0.15, 0.2) is 0 Å². The standard InChI is InChI=1S/C24H30N2O4/c1-28-22-9-5-3-7-20(22)23-17-26(16-19-6-2-4-8-21(19)30-23)13-12-25-24(27)18-10-14-29-15-11-18/h2-9,18,23H,10-17H2,1H3,(H,25,27). The van der Waals surface area contributed by atoms with Crippen LogP contribution in [0.15, 0.2) is 48.5 Å². The molecule has 30 heavy (non-hydrogen) atoms. The summed E-state index contributed by atoms with van der Waals surface area (Å²) in [4.78, 5) is 14.8. The van der Waals surface area contributed by atoms with E-state index in [1.807, 2.05) is 36.4 Å². The van der Waals surface area contributed by atoms with Crippen LogP contribution in [-0.2, 0) is 16.1 Å². The first-order chi connectivity index (χ1) is 14.7. The van der Waals surface area contributed by atoms with Gasteiger partial charge in [0.1, 0.15) is 17.6 Å². The van der Waals surface area contributed by atoms with Crippen LogP contribution in [0, 0.1) is 5.92 Å². The number of hydrogen-bond acceptors (Lipinski definition) is 5. The quantitative estimate of drug-likeness (QED) is 0.793. The third-order valence-electron chi connectivity index (χ3n) is 5.86. The number of ether oxygens (including phenoxy) is 3. The fourth-order valence-electron chi connectivity index (χ4n) is 4.19. The van der Waals surface area contributed by atoms with Crippen molar-refractivity contribution in [2.75, 3.05) is 40.0 Å². The van der Waals surface area contributed by atoms with Gasteiger partial charge in [-0.25, -0.2) is 0 Å². The molecule has 0 spiro atoms. The van der Waals surface area contributed by atoms with E-state index in [9.17, 15) is 4.79 Å². The molecule has 2 aliphatic heterocycles. The lowest BCUT2D eigenvalue weighted by molar-refractivity contribution is -0.127. The summed E-state index contributed by atoms with van der Waals surface area (Å²) in [5.74, 6) is 1.95. The third-order valence-corrected chi connectivity index (χ3v) is 5.86. The Morgan fingerprint density at radius 2 is 1.90 bits per heavy atom. The monoisotopic (exact) mass is 410 g/mol. The van der Waals surface area contributed by atoms with Gasteiger partial charge < -0.3 is 19.5 Å². The second kappa shape index (κ2) is 9.96. The summed E-state index contributed by atoms with van der Waals surface area (Å²) in [5, 5.41) is 3.12. The lowest BCUT2D eigenvalue weighted by Gasteiger charge is -2.26. The fraction of sp³-hybridized carbons (Fsp3) is 0.458. The topological polar surface area (TPSA) is 60.0 Å². The van der Waals surface area contributed by atoms with Gasteiger partial charge in [0.2, 0.25) is 5.91 Å². The summed E-state index contributed by atoms with van der Waals surface area (Å²) in [5.41, 5.74) is 2.19. The number of fused-ring (bicyclic) bond motifs is 1. The van der Waals surface area contributed by atoms with Crippen molar-refractivity contribution in [3.63, 3.8) is 0 Å². The maximum atomic E-state index is 12.4. The number of nitrogens with zero attached hydrogens (tertiary/aromatic N) is 1. The molecule has 4 rings (SSSR count). The van der Waals surface area contributed by atoms with Crippen LogP contribution in [0.25, 0.3) is 0 Å². The zero-order valence-corrected chi connectivity index (χ0v) is 17.5. The molecule has 6 nitrogen and oxygen atoms in total. The fourth-order valence-corrected chi connectivity index (χ4v) is 4.19. The number of amides is 1. The van der Waals surface area contributed by atoms with Gasteiger partial charge in [-0.05, 0) is 25.0 Å². The van der Waals surface area contributed by atoms with E-state index in [1.165, 1.54) is 0 Å². The molecule has 0 radical (unpaired) electrons. The van der Waals surface area contributed by atoms with Gasteiger partial charge in [0.25, 0.3) is 0 Å². The number of rotatable bonds is 6. The second-order valence-electron chi connectivity index (χ2n) is 7.87. The molecule has 160 valence electrons. The number of hydrogen-bond donors (Lipinski definition) is 1. The van der Waals surface area contributed by atoms with Crippen molar-refractivity contribution in [2.45, 2.75) is 25.5 Å². The molecule has 2 aromatic rings. The van der Waals surface area contributed by atoms with Crippen molar-refractivity contribution in [3.05, 3.63) is 59.7 Å². The van der Waals surface area contributed by atoms with Crippen LogP contribution >= 0.6 is 0 Å². The molecule has 2 aliphatic rings. The highest BCUT2D eigenvalue weighted by Gasteiger charge is 2.27. The molecule has 1 saturated heterocycles. The van der Waals surface area contributed by atoms with Crippen LogP contribution in [-0.4, -0.2) is 50.8 Å². The first kappa shape index (κ1) is 20.7. The zero-order chi connectivity index (χ0) is 20.8. The molecule has 1 unspecified atom stereocenters. The van der Waals surface area contributed by atoms with Crippen molar-refractivity contribution in [2.24, 2.45) is 5.92 Å². The first-order valence-corrected chi connectivity index (χ1v) is 10.7. The Balaban J connectivity index is 1.45. The molecule has 1 N–H and O–H groups in total. The van der Waals surface area contributed by atoms with Crippen LogP contribution in [0.5, 0.6) is 11.5 Å². The van der Waals surface area contributed by atoms with E-state index in [2.05, 4.69) is 22.3 Å². The van der Waals surface area contributed by atoms with E-state index in [0.29, 0.717) is 19.8 Å². The van der Waals surface area contributed by atoms with Gasteiger partial charge in [-0.15, -0.1) is 0 Å². The average molecular weight is 411 g/mol. The number of carbonyl (C=O) groups excluding carboxylic acids is 1. The van der Waals surface area contributed by atoms with Crippen LogP contribution in [0.4, 0.5) is 0 Å². The normalized spacial score (nSPS) is 20.0. The molecule has 6 heteroatoms. The first-order valence-electron chi connectivity index (χ1n) is 10.7. The molecule has 1 fully saturated rings. The summed E-state index contributed by atoms with van der Waals surface area (Å²) >= 11 is 0. The number of methoxy groups -OCH3 is 1. The van der Waals surface area contributed by atoms with Crippen LogP contribution in [0.2, 0.25) is 0 Å². The van der Waals surface area contributed by atoms with E-state index >= 15 is 0 Å². The Labute approximate surface area is 178 Å². The predicted molar refractivity (Wildman–Crippen MR) is 115 cm³/mol. The minimum Gasteiger partial charge on any atom is -0.496 e. The lowest BCUT2D eigenvalue weighted by atomic mass is 9.99. The second-order valence-corrected chi connectivity index (χ2v) is 7.87. The van der Waals surface area contributed by atoms with Gasteiger partial charge in [-0.1, -0.05) is 36.4 Å². The number of carbonyl (C=O) groups is 1. The van der Waals surface area contributed by atoms with E-state index in [-0.39, 0.29) is 17.9 Å². The summed E-state index contributed by atoms with van der Waals surface area (Å²) in [6.45, 7) is 4.25. The van der Waals surface area contributed by atoms with Crippen molar-refractivity contribution < 1.29 is 19.0 Å². The van der Waals surface area contributed by atoms with E-state index in [0.717, 1.165) is 55.1 Å². The Bertz CT molecular complexity index is 851. The number of benzene rings is 2. The molecule has 2 aromatic carbocycles. The SMILES string of the molecule is COc1ccccc1C1CN(CCNC(=O)C2CCOCC2)Cc2ccccc2O1. The largest absolute Gasteiger partial charge is 0.496 e. The minimum absolute atomic E-state index is 0.0771. The minimum atomic E-state index is -0.143. The Kier molecular flexibility index (Phi) is 6.87. The predicted octanol–water partition coefficient (Wildman–Crippen LogP) is 3.17. The van der Waals surface area contributed by atoms with Gasteiger partial charge in [-0.3, -0.25) is 9.69 Å². The maximum absolute atomic E-state index is 12.4. The van der Waals surface area contributed by atoms with Crippen LogP contribution in [0.1, 0.15) is 30.1 Å². The summed E-state index contributed by atoms with van der Waals surface area (Å²) < 4.78 is 17.3. The highest BCUT2D eigenvalue weighted by Crippen LogP contribution is 2.34. The third kappa shape index (κ3) is 4.94. The number of nitrogens with one attached hydrogen (secondary N) is 1. The molecular formula is C24H30N2O4. The van der Waals surface area contributed by atoms with Gasteiger partial charge in [0, 0.05) is 56.4 Å². The van der Waals surface area contributed by atoms with Crippen molar-refractivity contribution in [1.29, 1.82) is 0 Å². The van der Waals surface area contributed by atoms with Crippen molar-refractivity contribution in [1.82, 2.24) is 10.2 Å². The van der Waals surface area contributed by atoms with E-state index in [1.54, 1.807) is 7.11 Å². The number of para-hydroxylation sites is 2. The molecule has 2 heterocycles. The highest BCUT2D eigenvalue weighted by atomic mass is 16.5. The van der Waals surface area contributed by atoms with E-state index in [4.69, 9.17) is 14.2 Å². The van der Waals surface area contributed by atoms with E-state index < -0.39 is 0 Å². The molecule has 0 saturated carbocycles.